The first-order valence-corrected chi connectivity index (χ1v) is 5.41. The molecule has 0 heterocycles. The fraction of sp³-hybridized carbons (Fsp3) is 0.0714. The standard InChI is InChI=1S/C14H9F2NO2/c15-12-5-10(8-18)6-13(16)14(12)19-11-3-1-9(7-17)2-4-11/h1-6,18H,8H2. The van der Waals surface area contributed by atoms with Gasteiger partial charge in [-0.1, -0.05) is 0 Å². The van der Waals surface area contributed by atoms with E-state index >= 15 is 0 Å². The molecular formula is C14H9F2NO2. The molecule has 2 aromatic carbocycles. The van der Waals surface area contributed by atoms with Crippen molar-refractivity contribution in [3.63, 3.8) is 0 Å². The van der Waals surface area contributed by atoms with E-state index in [9.17, 15) is 8.78 Å². The summed E-state index contributed by atoms with van der Waals surface area (Å²) in [5.74, 6) is -2.11. The summed E-state index contributed by atoms with van der Waals surface area (Å²) in [6.45, 7) is -0.453. The Hall–Kier alpha value is -2.45. The van der Waals surface area contributed by atoms with Gasteiger partial charge in [-0.3, -0.25) is 0 Å². The molecule has 0 aromatic heterocycles. The van der Waals surface area contributed by atoms with E-state index < -0.39 is 24.0 Å². The molecule has 0 amide bonds. The molecule has 3 nitrogen and oxygen atoms in total. The molecule has 2 aromatic rings. The van der Waals surface area contributed by atoms with Crippen LogP contribution >= 0.6 is 0 Å². The average Bonchev–Trinajstić information content (AvgIpc) is 2.43. The average molecular weight is 261 g/mol. The predicted octanol–water partition coefficient (Wildman–Crippen LogP) is 3.12. The van der Waals surface area contributed by atoms with E-state index in [0.717, 1.165) is 12.1 Å². The van der Waals surface area contributed by atoms with Gasteiger partial charge < -0.3 is 9.84 Å². The monoisotopic (exact) mass is 261 g/mol. The van der Waals surface area contributed by atoms with E-state index in [-0.39, 0.29) is 11.3 Å². The molecule has 19 heavy (non-hydrogen) atoms. The lowest BCUT2D eigenvalue weighted by Gasteiger charge is -2.09. The minimum atomic E-state index is -0.895. The summed E-state index contributed by atoms with van der Waals surface area (Å²) in [6, 6.07) is 9.77. The van der Waals surface area contributed by atoms with E-state index in [1.165, 1.54) is 24.3 Å². The fourth-order valence-corrected chi connectivity index (χ4v) is 1.52. The summed E-state index contributed by atoms with van der Waals surface area (Å²) < 4.78 is 32.3. The van der Waals surface area contributed by atoms with E-state index in [1.54, 1.807) is 0 Å². The first-order valence-electron chi connectivity index (χ1n) is 5.41. The van der Waals surface area contributed by atoms with Gasteiger partial charge in [-0.25, -0.2) is 8.78 Å². The number of benzene rings is 2. The second kappa shape index (κ2) is 5.46. The van der Waals surface area contributed by atoms with Gasteiger partial charge in [0.2, 0.25) is 0 Å². The highest BCUT2D eigenvalue weighted by Crippen LogP contribution is 2.28. The van der Waals surface area contributed by atoms with Gasteiger partial charge in [0, 0.05) is 0 Å². The molecule has 0 spiro atoms. The van der Waals surface area contributed by atoms with Gasteiger partial charge in [-0.05, 0) is 42.0 Å². The third kappa shape index (κ3) is 2.87. The van der Waals surface area contributed by atoms with Gasteiger partial charge >= 0.3 is 0 Å². The quantitative estimate of drug-likeness (QED) is 0.923. The number of aliphatic hydroxyl groups is 1. The molecule has 0 atom stereocenters. The van der Waals surface area contributed by atoms with Crippen LogP contribution < -0.4 is 4.74 Å². The highest BCUT2D eigenvalue weighted by molar-refractivity contribution is 5.39. The molecule has 0 aliphatic rings. The minimum absolute atomic E-state index is 0.127. The first kappa shape index (κ1) is 13.0. The lowest BCUT2D eigenvalue weighted by Crippen LogP contribution is -1.95. The predicted molar refractivity (Wildman–Crippen MR) is 63.5 cm³/mol. The van der Waals surface area contributed by atoms with Gasteiger partial charge in [0.05, 0.1) is 18.2 Å². The van der Waals surface area contributed by atoms with Crippen molar-refractivity contribution < 1.29 is 18.6 Å². The van der Waals surface area contributed by atoms with Crippen molar-refractivity contribution >= 4 is 0 Å². The van der Waals surface area contributed by atoms with Crippen LogP contribution in [0.3, 0.4) is 0 Å². The minimum Gasteiger partial charge on any atom is -0.451 e. The summed E-state index contributed by atoms with van der Waals surface area (Å²) >= 11 is 0. The van der Waals surface area contributed by atoms with Crippen molar-refractivity contribution in [1.82, 2.24) is 0 Å². The van der Waals surface area contributed by atoms with Crippen molar-refractivity contribution in [3.8, 4) is 17.6 Å². The van der Waals surface area contributed by atoms with Crippen LogP contribution in [-0.4, -0.2) is 5.11 Å². The van der Waals surface area contributed by atoms with Crippen molar-refractivity contribution in [1.29, 1.82) is 5.26 Å². The second-order valence-electron chi connectivity index (χ2n) is 3.78. The van der Waals surface area contributed by atoms with Crippen LogP contribution in [0.5, 0.6) is 11.5 Å². The molecular weight excluding hydrogens is 252 g/mol. The fourth-order valence-electron chi connectivity index (χ4n) is 1.52. The number of hydrogen-bond donors (Lipinski definition) is 1. The number of aliphatic hydroxyl groups excluding tert-OH is 1. The van der Waals surface area contributed by atoms with Crippen LogP contribution in [0.15, 0.2) is 36.4 Å². The third-order valence-corrected chi connectivity index (χ3v) is 2.44. The van der Waals surface area contributed by atoms with Crippen molar-refractivity contribution in [2.75, 3.05) is 0 Å². The van der Waals surface area contributed by atoms with Gasteiger partial charge in [0.15, 0.2) is 17.4 Å². The van der Waals surface area contributed by atoms with E-state index in [4.69, 9.17) is 15.1 Å². The van der Waals surface area contributed by atoms with Gasteiger partial charge in [-0.2, -0.15) is 5.26 Å². The van der Waals surface area contributed by atoms with Crippen LogP contribution in [0.2, 0.25) is 0 Å². The molecule has 0 fully saturated rings. The van der Waals surface area contributed by atoms with Crippen LogP contribution in [-0.2, 0) is 6.61 Å². The number of hydrogen-bond acceptors (Lipinski definition) is 3. The van der Waals surface area contributed by atoms with E-state index in [1.807, 2.05) is 6.07 Å². The summed E-state index contributed by atoms with van der Waals surface area (Å²) in [5, 5.41) is 17.4. The number of nitriles is 1. The molecule has 0 unspecified atom stereocenters. The molecule has 0 bridgehead atoms. The Labute approximate surface area is 108 Å². The maximum atomic E-state index is 13.6. The molecule has 0 saturated carbocycles. The molecule has 0 aliphatic carbocycles. The second-order valence-corrected chi connectivity index (χ2v) is 3.78. The van der Waals surface area contributed by atoms with Gasteiger partial charge in [0.1, 0.15) is 5.75 Å². The number of nitrogens with zero attached hydrogens (tertiary/aromatic N) is 1. The Morgan fingerprint density at radius 3 is 2.16 bits per heavy atom. The summed E-state index contributed by atoms with van der Waals surface area (Å²) in [5.41, 5.74) is 0.547. The van der Waals surface area contributed by atoms with Crippen LogP contribution in [0, 0.1) is 23.0 Å². The van der Waals surface area contributed by atoms with Crippen LogP contribution in [0.1, 0.15) is 11.1 Å². The van der Waals surface area contributed by atoms with Crippen LogP contribution in [0.4, 0.5) is 8.78 Å². The summed E-state index contributed by atoms with van der Waals surface area (Å²) in [4.78, 5) is 0. The maximum Gasteiger partial charge on any atom is 0.198 e. The molecule has 96 valence electrons. The zero-order valence-electron chi connectivity index (χ0n) is 9.73. The normalized spacial score (nSPS) is 10.0. The Morgan fingerprint density at radius 2 is 1.68 bits per heavy atom. The highest BCUT2D eigenvalue weighted by atomic mass is 19.1. The molecule has 0 radical (unpaired) electrons. The van der Waals surface area contributed by atoms with Crippen molar-refractivity contribution in [3.05, 3.63) is 59.2 Å². The van der Waals surface area contributed by atoms with Gasteiger partial charge in [-0.15, -0.1) is 0 Å². The van der Waals surface area contributed by atoms with Gasteiger partial charge in [0.25, 0.3) is 0 Å². The molecule has 2 rings (SSSR count). The first-order chi connectivity index (χ1) is 9.13. The maximum absolute atomic E-state index is 13.6. The summed E-state index contributed by atoms with van der Waals surface area (Å²) in [6.07, 6.45) is 0. The van der Waals surface area contributed by atoms with Crippen molar-refractivity contribution in [2.24, 2.45) is 0 Å². The van der Waals surface area contributed by atoms with E-state index in [2.05, 4.69) is 0 Å². The third-order valence-electron chi connectivity index (χ3n) is 2.44. The molecule has 0 saturated heterocycles. The Balaban J connectivity index is 2.30. The van der Waals surface area contributed by atoms with E-state index in [0.29, 0.717) is 5.56 Å². The van der Waals surface area contributed by atoms with Crippen LogP contribution in [0.25, 0.3) is 0 Å². The Morgan fingerprint density at radius 1 is 1.11 bits per heavy atom. The summed E-state index contributed by atoms with van der Waals surface area (Å²) in [7, 11) is 0. The molecule has 1 N–H and O–H groups in total. The van der Waals surface area contributed by atoms with Crippen molar-refractivity contribution in [2.45, 2.75) is 6.61 Å². The zero-order valence-corrected chi connectivity index (χ0v) is 9.73. The Bertz CT molecular complexity index is 610. The lowest BCUT2D eigenvalue weighted by molar-refractivity contribution is 0.279. The Kier molecular flexibility index (Phi) is 3.74. The molecule has 5 heteroatoms. The largest absolute Gasteiger partial charge is 0.451 e. The number of rotatable bonds is 3. The highest BCUT2D eigenvalue weighted by Gasteiger charge is 2.13. The number of ether oxygens (including phenoxy) is 1. The SMILES string of the molecule is N#Cc1ccc(Oc2c(F)cc(CO)cc2F)cc1. The smallest absolute Gasteiger partial charge is 0.198 e. The zero-order chi connectivity index (χ0) is 13.8. The lowest BCUT2D eigenvalue weighted by atomic mass is 10.2. The number of halogens is 2. The molecule has 0 aliphatic heterocycles. The topological polar surface area (TPSA) is 53.2 Å².